The van der Waals surface area contributed by atoms with E-state index in [1.54, 1.807) is 24.7 Å². The summed E-state index contributed by atoms with van der Waals surface area (Å²) in [6.07, 6.45) is 4.89. The lowest BCUT2D eigenvalue weighted by atomic mass is 10.1. The molecule has 0 spiro atoms. The van der Waals surface area contributed by atoms with E-state index in [-0.39, 0.29) is 42.7 Å². The number of imidazole rings is 1. The molecule has 126 valence electrons. The van der Waals surface area contributed by atoms with Crippen LogP contribution in [-0.4, -0.2) is 46.3 Å². The molecule has 1 saturated heterocycles. The zero-order chi connectivity index (χ0) is 14.7. The SMILES string of the molecule is Cl.Cl.O=C(NCC1CNCC1O)c1ccc(-n2ccnc2)cc1. The van der Waals surface area contributed by atoms with Gasteiger partial charge in [-0.3, -0.25) is 4.79 Å². The van der Waals surface area contributed by atoms with Crippen molar-refractivity contribution < 1.29 is 9.90 Å². The molecule has 1 aromatic heterocycles. The average molecular weight is 359 g/mol. The summed E-state index contributed by atoms with van der Waals surface area (Å²) in [4.78, 5) is 16.1. The molecule has 2 unspecified atom stereocenters. The molecule has 3 rings (SSSR count). The van der Waals surface area contributed by atoms with Crippen molar-refractivity contribution in [3.05, 3.63) is 48.5 Å². The predicted molar refractivity (Wildman–Crippen MR) is 92.8 cm³/mol. The van der Waals surface area contributed by atoms with E-state index in [1.807, 2.05) is 22.9 Å². The van der Waals surface area contributed by atoms with Gasteiger partial charge in [0.1, 0.15) is 0 Å². The van der Waals surface area contributed by atoms with Gasteiger partial charge in [0.2, 0.25) is 0 Å². The molecule has 1 fully saturated rings. The zero-order valence-corrected chi connectivity index (χ0v) is 14.0. The largest absolute Gasteiger partial charge is 0.391 e. The van der Waals surface area contributed by atoms with E-state index in [0.29, 0.717) is 18.7 Å². The lowest BCUT2D eigenvalue weighted by molar-refractivity contribution is 0.0927. The van der Waals surface area contributed by atoms with Crippen molar-refractivity contribution in [2.75, 3.05) is 19.6 Å². The highest BCUT2D eigenvalue weighted by Crippen LogP contribution is 2.10. The van der Waals surface area contributed by atoms with E-state index in [4.69, 9.17) is 0 Å². The zero-order valence-electron chi connectivity index (χ0n) is 12.4. The normalized spacial score (nSPS) is 19.5. The second-order valence-corrected chi connectivity index (χ2v) is 5.21. The van der Waals surface area contributed by atoms with E-state index >= 15 is 0 Å². The number of halogens is 2. The number of rotatable bonds is 4. The van der Waals surface area contributed by atoms with Gasteiger partial charge < -0.3 is 20.3 Å². The highest BCUT2D eigenvalue weighted by molar-refractivity contribution is 5.94. The summed E-state index contributed by atoms with van der Waals surface area (Å²) in [5, 5.41) is 15.7. The molecular formula is C15H20Cl2N4O2. The number of benzene rings is 1. The Morgan fingerprint density at radius 3 is 2.61 bits per heavy atom. The minimum atomic E-state index is -0.381. The third kappa shape index (κ3) is 4.68. The molecule has 0 radical (unpaired) electrons. The first-order valence-corrected chi connectivity index (χ1v) is 6.99. The highest BCUT2D eigenvalue weighted by atomic mass is 35.5. The number of hydrogen-bond donors (Lipinski definition) is 3. The van der Waals surface area contributed by atoms with Gasteiger partial charge in [-0.1, -0.05) is 0 Å². The highest BCUT2D eigenvalue weighted by Gasteiger charge is 2.25. The lowest BCUT2D eigenvalue weighted by Gasteiger charge is -2.14. The van der Waals surface area contributed by atoms with Gasteiger partial charge in [-0.15, -0.1) is 24.8 Å². The number of aromatic nitrogens is 2. The molecular weight excluding hydrogens is 339 g/mol. The molecule has 3 N–H and O–H groups in total. The number of nitrogens with zero attached hydrogens (tertiary/aromatic N) is 2. The maximum Gasteiger partial charge on any atom is 0.251 e. The van der Waals surface area contributed by atoms with Crippen LogP contribution in [-0.2, 0) is 0 Å². The van der Waals surface area contributed by atoms with Crippen LogP contribution in [0.4, 0.5) is 0 Å². The lowest BCUT2D eigenvalue weighted by Crippen LogP contribution is -2.34. The molecule has 1 aromatic carbocycles. The van der Waals surface area contributed by atoms with Gasteiger partial charge in [-0.25, -0.2) is 4.98 Å². The molecule has 6 nitrogen and oxygen atoms in total. The number of carbonyl (C=O) groups is 1. The van der Waals surface area contributed by atoms with Crippen molar-refractivity contribution in [3.8, 4) is 5.69 Å². The van der Waals surface area contributed by atoms with Crippen molar-refractivity contribution >= 4 is 30.7 Å². The quantitative estimate of drug-likeness (QED) is 0.762. The van der Waals surface area contributed by atoms with Crippen LogP contribution in [0.15, 0.2) is 43.0 Å². The van der Waals surface area contributed by atoms with Crippen molar-refractivity contribution in [1.82, 2.24) is 20.2 Å². The molecule has 1 amide bonds. The summed E-state index contributed by atoms with van der Waals surface area (Å²) in [6, 6.07) is 7.33. The smallest absolute Gasteiger partial charge is 0.251 e. The van der Waals surface area contributed by atoms with E-state index in [9.17, 15) is 9.90 Å². The standard InChI is InChI=1S/C15H18N4O2.2ClH/c20-14-9-17-7-12(14)8-18-15(21)11-1-3-13(4-2-11)19-6-5-16-10-19;;/h1-6,10,12,14,17,20H,7-9H2,(H,18,21);2*1H. The van der Waals surface area contributed by atoms with Gasteiger partial charge in [0.15, 0.2) is 0 Å². The molecule has 2 heterocycles. The van der Waals surface area contributed by atoms with Crippen LogP contribution in [0, 0.1) is 5.92 Å². The number of hydrogen-bond acceptors (Lipinski definition) is 4. The van der Waals surface area contributed by atoms with E-state index in [1.165, 1.54) is 0 Å². The fourth-order valence-electron chi connectivity index (χ4n) is 2.45. The molecule has 2 aromatic rings. The number of amides is 1. The third-order valence-electron chi connectivity index (χ3n) is 3.76. The Hall–Kier alpha value is -1.60. The van der Waals surface area contributed by atoms with Crippen molar-refractivity contribution in [3.63, 3.8) is 0 Å². The van der Waals surface area contributed by atoms with Crippen LogP contribution in [0.25, 0.3) is 5.69 Å². The Balaban J connectivity index is 0.00000132. The van der Waals surface area contributed by atoms with Gasteiger partial charge in [0, 0.05) is 49.2 Å². The minimum absolute atomic E-state index is 0. The van der Waals surface area contributed by atoms with Crippen molar-refractivity contribution in [1.29, 1.82) is 0 Å². The first kappa shape index (κ1) is 19.4. The third-order valence-corrected chi connectivity index (χ3v) is 3.76. The van der Waals surface area contributed by atoms with Gasteiger partial charge in [0.25, 0.3) is 5.91 Å². The summed E-state index contributed by atoms with van der Waals surface area (Å²) in [7, 11) is 0. The first-order chi connectivity index (χ1) is 10.2. The van der Waals surface area contributed by atoms with Gasteiger partial charge in [-0.2, -0.15) is 0 Å². The van der Waals surface area contributed by atoms with Crippen LogP contribution >= 0.6 is 24.8 Å². The van der Waals surface area contributed by atoms with E-state index in [2.05, 4.69) is 15.6 Å². The Labute approximate surface area is 147 Å². The minimum Gasteiger partial charge on any atom is -0.391 e. The molecule has 23 heavy (non-hydrogen) atoms. The molecule has 0 aliphatic carbocycles. The number of nitrogens with one attached hydrogen (secondary N) is 2. The van der Waals surface area contributed by atoms with Crippen LogP contribution in [0.3, 0.4) is 0 Å². The second kappa shape index (κ2) is 8.88. The average Bonchev–Trinajstić information content (AvgIpc) is 3.17. The molecule has 8 heteroatoms. The molecule has 2 atom stereocenters. The van der Waals surface area contributed by atoms with E-state index in [0.717, 1.165) is 12.2 Å². The summed E-state index contributed by atoms with van der Waals surface area (Å²) >= 11 is 0. The van der Waals surface area contributed by atoms with Crippen molar-refractivity contribution in [2.45, 2.75) is 6.10 Å². The summed E-state index contributed by atoms with van der Waals surface area (Å²) in [5.41, 5.74) is 1.57. The number of aliphatic hydroxyl groups is 1. The van der Waals surface area contributed by atoms with Crippen LogP contribution in [0.5, 0.6) is 0 Å². The Kier molecular flexibility index (Phi) is 7.51. The fourth-order valence-corrected chi connectivity index (χ4v) is 2.45. The monoisotopic (exact) mass is 358 g/mol. The van der Waals surface area contributed by atoms with Crippen molar-refractivity contribution in [2.24, 2.45) is 5.92 Å². The Morgan fingerprint density at radius 2 is 2.04 bits per heavy atom. The van der Waals surface area contributed by atoms with Crippen LogP contribution in [0.2, 0.25) is 0 Å². The molecule has 0 saturated carbocycles. The van der Waals surface area contributed by atoms with Crippen LogP contribution < -0.4 is 10.6 Å². The molecule has 1 aliphatic heterocycles. The summed E-state index contributed by atoms with van der Waals surface area (Å²) < 4.78 is 1.88. The molecule has 1 aliphatic rings. The predicted octanol–water partition coefficient (Wildman–Crippen LogP) is 1.03. The maximum absolute atomic E-state index is 12.1. The maximum atomic E-state index is 12.1. The number of β-amino-alcohol motifs (C(OH)–C–C–N with tert-alkyl or cyclic N) is 1. The second-order valence-electron chi connectivity index (χ2n) is 5.21. The Morgan fingerprint density at radius 1 is 1.30 bits per heavy atom. The topological polar surface area (TPSA) is 79.2 Å². The Bertz CT molecular complexity index is 604. The summed E-state index contributed by atoms with van der Waals surface area (Å²) in [5.74, 6) is -0.0366. The van der Waals surface area contributed by atoms with Gasteiger partial charge >= 0.3 is 0 Å². The number of aliphatic hydroxyl groups excluding tert-OH is 1. The summed E-state index contributed by atoms with van der Waals surface area (Å²) in [6.45, 7) is 1.82. The molecule has 0 bridgehead atoms. The number of carbonyl (C=O) groups excluding carboxylic acids is 1. The van der Waals surface area contributed by atoms with Crippen LogP contribution in [0.1, 0.15) is 10.4 Å². The van der Waals surface area contributed by atoms with E-state index < -0.39 is 0 Å². The first-order valence-electron chi connectivity index (χ1n) is 6.99. The van der Waals surface area contributed by atoms with Gasteiger partial charge in [0.05, 0.1) is 12.4 Å². The fraction of sp³-hybridized carbons (Fsp3) is 0.333. The van der Waals surface area contributed by atoms with Gasteiger partial charge in [-0.05, 0) is 24.3 Å².